The molecule has 0 amide bonds. The van der Waals surface area contributed by atoms with Gasteiger partial charge in [0.2, 0.25) is 0 Å². The number of hydrogen-bond acceptors (Lipinski definition) is 2. The van der Waals surface area contributed by atoms with Crippen LogP contribution < -0.4 is 0 Å². The molecule has 1 aliphatic carbocycles. The van der Waals surface area contributed by atoms with Crippen LogP contribution in [-0.4, -0.2) is 23.4 Å². The second kappa shape index (κ2) is 3.24. The van der Waals surface area contributed by atoms with E-state index in [-0.39, 0.29) is 0 Å². The van der Waals surface area contributed by atoms with Gasteiger partial charge in [-0.05, 0) is 36.5 Å². The molecule has 1 N–H and O–H groups in total. The number of aromatic amines is 1. The summed E-state index contributed by atoms with van der Waals surface area (Å²) in [5, 5.41) is 9.11. The minimum Gasteiger partial charge on any atom is -0.380 e. The Balaban J connectivity index is 1.73. The highest BCUT2D eigenvalue weighted by Crippen LogP contribution is 2.56. The zero-order valence-electron chi connectivity index (χ0n) is 9.37. The smallest absolute Gasteiger partial charge is 0.0686 e. The number of rotatable bonds is 1. The maximum Gasteiger partial charge on any atom is 0.0686 e. The molecule has 2 heterocycles. The topological polar surface area (TPSA) is 37.9 Å². The number of aromatic nitrogens is 2. The van der Waals surface area contributed by atoms with Crippen molar-refractivity contribution in [3.8, 4) is 0 Å². The number of benzene rings is 1. The first kappa shape index (κ1) is 9.92. The highest BCUT2D eigenvalue weighted by molar-refractivity contribution is 6.31. The van der Waals surface area contributed by atoms with Crippen molar-refractivity contribution in [1.29, 1.82) is 0 Å². The fraction of sp³-hybridized carbons (Fsp3) is 0.462. The summed E-state index contributed by atoms with van der Waals surface area (Å²) in [6.45, 7) is 1.88. The van der Waals surface area contributed by atoms with Crippen LogP contribution in [0.5, 0.6) is 0 Å². The third-order valence-corrected chi connectivity index (χ3v) is 4.38. The molecule has 1 spiro atoms. The van der Waals surface area contributed by atoms with Gasteiger partial charge in [-0.3, -0.25) is 5.10 Å². The zero-order valence-corrected chi connectivity index (χ0v) is 10.1. The summed E-state index contributed by atoms with van der Waals surface area (Å²) in [5.41, 5.74) is 2.95. The largest absolute Gasteiger partial charge is 0.380 e. The molecule has 88 valence electrons. The molecule has 0 radical (unpaired) electrons. The Labute approximate surface area is 104 Å². The lowest BCUT2D eigenvalue weighted by Gasteiger charge is -2.53. The van der Waals surface area contributed by atoms with Crippen molar-refractivity contribution >= 4 is 22.5 Å². The van der Waals surface area contributed by atoms with Gasteiger partial charge in [0, 0.05) is 15.8 Å². The van der Waals surface area contributed by atoms with E-state index >= 15 is 0 Å². The highest BCUT2D eigenvalue weighted by Gasteiger charge is 2.50. The normalized spacial score (nSPS) is 22.6. The van der Waals surface area contributed by atoms with Crippen LogP contribution in [0.4, 0.5) is 0 Å². The van der Waals surface area contributed by atoms with Gasteiger partial charge in [-0.25, -0.2) is 0 Å². The second-order valence-corrected chi connectivity index (χ2v) is 5.86. The van der Waals surface area contributed by atoms with Crippen molar-refractivity contribution in [2.75, 3.05) is 13.2 Å². The van der Waals surface area contributed by atoms with E-state index in [0.29, 0.717) is 11.3 Å². The van der Waals surface area contributed by atoms with Crippen LogP contribution in [0.3, 0.4) is 0 Å². The predicted octanol–water partition coefficient (Wildman–Crippen LogP) is 3.11. The molecule has 2 aromatic rings. The van der Waals surface area contributed by atoms with Crippen LogP contribution in [-0.2, 0) is 4.74 Å². The Morgan fingerprint density at radius 1 is 1.35 bits per heavy atom. The molecule has 0 atom stereocenters. The van der Waals surface area contributed by atoms with Crippen molar-refractivity contribution in [3.05, 3.63) is 28.9 Å². The number of H-pyrrole nitrogens is 1. The molecule has 1 aromatic carbocycles. The van der Waals surface area contributed by atoms with Crippen LogP contribution in [0.15, 0.2) is 18.3 Å². The van der Waals surface area contributed by atoms with E-state index in [4.69, 9.17) is 16.3 Å². The Hall–Kier alpha value is -1.06. The Bertz CT molecular complexity index is 580. The van der Waals surface area contributed by atoms with Gasteiger partial charge in [0.15, 0.2) is 0 Å². The quantitative estimate of drug-likeness (QED) is 0.842. The van der Waals surface area contributed by atoms with Gasteiger partial charge in [0.05, 0.1) is 24.9 Å². The zero-order chi connectivity index (χ0) is 11.5. The number of fused-ring (bicyclic) bond motifs is 1. The van der Waals surface area contributed by atoms with E-state index in [1.165, 1.54) is 18.4 Å². The lowest BCUT2D eigenvalue weighted by molar-refractivity contribution is -0.164. The molecule has 0 bridgehead atoms. The minimum absolute atomic E-state index is 0.485. The van der Waals surface area contributed by atoms with E-state index < -0.39 is 0 Å². The number of ether oxygens (including phenoxy) is 1. The van der Waals surface area contributed by atoms with Crippen molar-refractivity contribution in [1.82, 2.24) is 10.2 Å². The van der Waals surface area contributed by atoms with Crippen LogP contribution in [0.2, 0.25) is 5.02 Å². The van der Waals surface area contributed by atoms with E-state index in [9.17, 15) is 0 Å². The van der Waals surface area contributed by atoms with E-state index in [2.05, 4.69) is 16.3 Å². The monoisotopic (exact) mass is 248 g/mol. The first-order valence-electron chi connectivity index (χ1n) is 5.96. The number of nitrogens with one attached hydrogen (secondary N) is 1. The molecule has 3 nitrogen and oxygen atoms in total. The third-order valence-electron chi connectivity index (χ3n) is 4.16. The standard InChI is InChI=1S/C13H13ClN2O/c14-10-1-8-5-15-16-12(8)11(2-10)9-3-13(4-9)6-17-7-13/h1-2,5,9H,3-4,6-7H2,(H,15,16). The van der Waals surface area contributed by atoms with Crippen LogP contribution in [0.1, 0.15) is 24.3 Å². The van der Waals surface area contributed by atoms with Crippen molar-refractivity contribution in [3.63, 3.8) is 0 Å². The molecule has 1 aromatic heterocycles. The molecule has 1 saturated heterocycles. The Morgan fingerprint density at radius 3 is 2.88 bits per heavy atom. The maximum absolute atomic E-state index is 6.16. The van der Waals surface area contributed by atoms with Gasteiger partial charge >= 0.3 is 0 Å². The number of nitrogens with zero attached hydrogens (tertiary/aromatic N) is 1. The minimum atomic E-state index is 0.485. The summed E-state index contributed by atoms with van der Waals surface area (Å²) in [6, 6.07) is 4.05. The Kier molecular flexibility index (Phi) is 1.89. The van der Waals surface area contributed by atoms with E-state index in [1.807, 2.05) is 12.3 Å². The van der Waals surface area contributed by atoms with Gasteiger partial charge < -0.3 is 4.74 Å². The average Bonchev–Trinajstić information content (AvgIpc) is 2.60. The van der Waals surface area contributed by atoms with Gasteiger partial charge in [-0.1, -0.05) is 11.6 Å². The fourth-order valence-electron chi connectivity index (χ4n) is 3.20. The molecule has 4 rings (SSSR count). The summed E-state index contributed by atoms with van der Waals surface area (Å²) in [5.74, 6) is 0.612. The molecule has 2 fully saturated rings. The van der Waals surface area contributed by atoms with Gasteiger partial charge in [0.25, 0.3) is 0 Å². The Morgan fingerprint density at radius 2 is 2.18 bits per heavy atom. The fourth-order valence-corrected chi connectivity index (χ4v) is 3.44. The lowest BCUT2D eigenvalue weighted by atomic mass is 9.59. The van der Waals surface area contributed by atoms with E-state index in [1.54, 1.807) is 0 Å². The summed E-state index contributed by atoms with van der Waals surface area (Å²) in [4.78, 5) is 0. The van der Waals surface area contributed by atoms with Crippen molar-refractivity contribution < 1.29 is 4.74 Å². The lowest BCUT2D eigenvalue weighted by Crippen LogP contribution is -2.51. The molecule has 4 heteroatoms. The first-order valence-corrected chi connectivity index (χ1v) is 6.34. The molecular weight excluding hydrogens is 236 g/mol. The first-order chi connectivity index (χ1) is 8.26. The third kappa shape index (κ3) is 1.36. The molecule has 0 unspecified atom stereocenters. The molecular formula is C13H13ClN2O. The predicted molar refractivity (Wildman–Crippen MR) is 66.3 cm³/mol. The van der Waals surface area contributed by atoms with Crippen molar-refractivity contribution in [2.45, 2.75) is 18.8 Å². The SMILES string of the molecule is Clc1cc(C2CC3(COC3)C2)c2[nH]ncc2c1. The molecule has 1 saturated carbocycles. The van der Waals surface area contributed by atoms with Crippen LogP contribution in [0, 0.1) is 5.41 Å². The summed E-state index contributed by atoms with van der Waals surface area (Å²) in [6.07, 6.45) is 4.29. The second-order valence-electron chi connectivity index (χ2n) is 5.43. The molecule has 1 aliphatic heterocycles. The van der Waals surface area contributed by atoms with Gasteiger partial charge in [-0.15, -0.1) is 0 Å². The van der Waals surface area contributed by atoms with Gasteiger partial charge in [-0.2, -0.15) is 5.10 Å². The van der Waals surface area contributed by atoms with Crippen LogP contribution in [0.25, 0.3) is 10.9 Å². The maximum atomic E-state index is 6.16. The molecule has 2 aliphatic rings. The summed E-state index contributed by atoms with van der Waals surface area (Å²) in [7, 11) is 0. The van der Waals surface area contributed by atoms with Gasteiger partial charge in [0.1, 0.15) is 0 Å². The summed E-state index contributed by atoms with van der Waals surface area (Å²) < 4.78 is 5.31. The number of hydrogen-bond donors (Lipinski definition) is 1. The van der Waals surface area contributed by atoms with Crippen molar-refractivity contribution in [2.24, 2.45) is 5.41 Å². The summed E-state index contributed by atoms with van der Waals surface area (Å²) >= 11 is 6.16. The molecule has 17 heavy (non-hydrogen) atoms. The highest BCUT2D eigenvalue weighted by atomic mass is 35.5. The number of halogens is 1. The van der Waals surface area contributed by atoms with E-state index in [0.717, 1.165) is 29.1 Å². The average molecular weight is 249 g/mol. The van der Waals surface area contributed by atoms with Crippen LogP contribution >= 0.6 is 11.6 Å².